The molecule has 0 spiro atoms. The van der Waals surface area contributed by atoms with Gasteiger partial charge in [0, 0.05) is 25.3 Å². The molecule has 2 N–H and O–H groups in total. The van der Waals surface area contributed by atoms with Crippen LogP contribution >= 0.6 is 12.4 Å². The Morgan fingerprint density at radius 1 is 1.50 bits per heavy atom. The van der Waals surface area contributed by atoms with Crippen LogP contribution in [0.1, 0.15) is 31.0 Å². The van der Waals surface area contributed by atoms with Crippen molar-refractivity contribution < 1.29 is 0 Å². The molecule has 1 fully saturated rings. The van der Waals surface area contributed by atoms with Crippen LogP contribution in [-0.4, -0.2) is 29.0 Å². The van der Waals surface area contributed by atoms with Gasteiger partial charge in [-0.25, -0.2) is 0 Å². The van der Waals surface area contributed by atoms with Crippen molar-refractivity contribution in [1.29, 1.82) is 0 Å². The summed E-state index contributed by atoms with van der Waals surface area (Å²) in [6, 6.07) is 4.65. The van der Waals surface area contributed by atoms with E-state index in [-0.39, 0.29) is 12.4 Å². The van der Waals surface area contributed by atoms with E-state index in [0.717, 1.165) is 19.6 Å². The summed E-state index contributed by atoms with van der Waals surface area (Å²) in [6.45, 7) is 7.30. The van der Waals surface area contributed by atoms with Crippen LogP contribution in [0.25, 0.3) is 0 Å². The van der Waals surface area contributed by atoms with Crippen LogP contribution in [-0.2, 0) is 6.54 Å². The van der Waals surface area contributed by atoms with E-state index >= 15 is 0 Å². The summed E-state index contributed by atoms with van der Waals surface area (Å²) in [5.74, 6) is 0.706. The number of aryl methyl sites for hydroxylation is 1. The first kappa shape index (κ1) is 15.4. The number of piperidine rings is 1. The number of pyridine rings is 1. The third-order valence-electron chi connectivity index (χ3n) is 3.94. The number of likely N-dealkylation sites (tertiary alicyclic amines) is 1. The van der Waals surface area contributed by atoms with Gasteiger partial charge in [-0.05, 0) is 43.9 Å². The second kappa shape index (κ2) is 7.07. The minimum atomic E-state index is 0. The van der Waals surface area contributed by atoms with E-state index in [1.54, 1.807) is 0 Å². The third kappa shape index (κ3) is 3.44. The van der Waals surface area contributed by atoms with Gasteiger partial charge in [0.2, 0.25) is 0 Å². The molecule has 0 aromatic carbocycles. The Balaban J connectivity index is 0.00000162. The molecule has 2 atom stereocenters. The first-order valence-corrected chi connectivity index (χ1v) is 6.57. The largest absolute Gasteiger partial charge is 0.329 e. The molecule has 1 aliphatic heterocycles. The lowest BCUT2D eigenvalue weighted by Crippen LogP contribution is -2.48. The molecule has 1 aromatic heterocycles. The summed E-state index contributed by atoms with van der Waals surface area (Å²) < 4.78 is 0. The number of nitrogens with two attached hydrogens (primary N) is 1. The molecule has 2 unspecified atom stereocenters. The first-order chi connectivity index (χ1) is 8.22. The smallest absolute Gasteiger partial charge is 0.0573 e. The van der Waals surface area contributed by atoms with Crippen LogP contribution in [0.2, 0.25) is 0 Å². The van der Waals surface area contributed by atoms with Crippen molar-refractivity contribution in [1.82, 2.24) is 9.88 Å². The fourth-order valence-electron chi connectivity index (χ4n) is 2.79. The first-order valence-electron chi connectivity index (χ1n) is 6.57. The van der Waals surface area contributed by atoms with Gasteiger partial charge in [-0.15, -0.1) is 12.4 Å². The number of halogens is 1. The van der Waals surface area contributed by atoms with Crippen LogP contribution in [0.4, 0.5) is 0 Å². The average Bonchev–Trinajstić information content (AvgIpc) is 2.32. The van der Waals surface area contributed by atoms with Crippen LogP contribution in [0, 0.1) is 12.8 Å². The Morgan fingerprint density at radius 2 is 2.28 bits per heavy atom. The Bertz CT molecular complexity index is 370. The molecule has 1 aromatic rings. The molecular formula is C14H24ClN3. The lowest BCUT2D eigenvalue weighted by Gasteiger charge is -2.39. The van der Waals surface area contributed by atoms with Gasteiger partial charge >= 0.3 is 0 Å². The molecule has 3 nitrogen and oxygen atoms in total. The van der Waals surface area contributed by atoms with Gasteiger partial charge < -0.3 is 5.73 Å². The minimum absolute atomic E-state index is 0. The fourth-order valence-corrected chi connectivity index (χ4v) is 2.79. The predicted octanol–water partition coefficient (Wildman–Crippen LogP) is 2.37. The molecule has 2 rings (SSSR count). The van der Waals surface area contributed by atoms with Crippen molar-refractivity contribution in [2.24, 2.45) is 11.7 Å². The van der Waals surface area contributed by atoms with Gasteiger partial charge in [-0.2, -0.15) is 0 Å². The molecule has 0 bridgehead atoms. The molecule has 0 aliphatic carbocycles. The molecule has 18 heavy (non-hydrogen) atoms. The molecule has 0 amide bonds. The summed E-state index contributed by atoms with van der Waals surface area (Å²) in [5.41, 5.74) is 8.39. The standard InChI is InChI=1S/C14H23N3.ClH/c1-11-5-3-7-16-13(11)10-17-8-4-6-12(2)14(17)9-15;/h3,5,7,12,14H,4,6,8-10,15H2,1-2H3;1H. The quantitative estimate of drug-likeness (QED) is 0.916. The van der Waals surface area contributed by atoms with Crippen molar-refractivity contribution in [3.63, 3.8) is 0 Å². The highest BCUT2D eigenvalue weighted by molar-refractivity contribution is 5.85. The van der Waals surface area contributed by atoms with E-state index in [1.807, 2.05) is 12.3 Å². The van der Waals surface area contributed by atoms with Gasteiger partial charge in [0.1, 0.15) is 0 Å². The summed E-state index contributed by atoms with van der Waals surface area (Å²) in [4.78, 5) is 6.99. The van der Waals surface area contributed by atoms with Gasteiger partial charge in [-0.3, -0.25) is 9.88 Å². The van der Waals surface area contributed by atoms with E-state index in [1.165, 1.54) is 24.1 Å². The maximum atomic E-state index is 5.91. The van der Waals surface area contributed by atoms with E-state index in [4.69, 9.17) is 5.73 Å². The molecule has 4 heteroatoms. The topological polar surface area (TPSA) is 42.2 Å². The van der Waals surface area contributed by atoms with Crippen molar-refractivity contribution in [3.8, 4) is 0 Å². The van der Waals surface area contributed by atoms with Crippen LogP contribution in [0.5, 0.6) is 0 Å². The second-order valence-electron chi connectivity index (χ2n) is 5.16. The number of hydrogen-bond acceptors (Lipinski definition) is 3. The molecule has 1 aliphatic rings. The highest BCUT2D eigenvalue weighted by Crippen LogP contribution is 2.24. The normalized spacial score (nSPS) is 24.6. The zero-order chi connectivity index (χ0) is 12.3. The van der Waals surface area contributed by atoms with Crippen molar-refractivity contribution in [2.45, 2.75) is 39.3 Å². The van der Waals surface area contributed by atoms with E-state index in [0.29, 0.717) is 12.0 Å². The lowest BCUT2D eigenvalue weighted by molar-refractivity contribution is 0.0976. The molecule has 0 saturated carbocycles. The van der Waals surface area contributed by atoms with Gasteiger partial charge in [0.05, 0.1) is 5.69 Å². The highest BCUT2D eigenvalue weighted by atomic mass is 35.5. The van der Waals surface area contributed by atoms with Crippen LogP contribution in [0.3, 0.4) is 0 Å². The van der Waals surface area contributed by atoms with E-state index in [9.17, 15) is 0 Å². The maximum Gasteiger partial charge on any atom is 0.0573 e. The number of nitrogens with zero attached hydrogens (tertiary/aromatic N) is 2. The Morgan fingerprint density at radius 3 is 2.94 bits per heavy atom. The Labute approximate surface area is 116 Å². The SMILES string of the molecule is Cc1cccnc1CN1CCCC(C)C1CN.Cl. The average molecular weight is 270 g/mol. The van der Waals surface area contributed by atoms with Crippen LogP contribution < -0.4 is 5.73 Å². The number of hydrogen-bond donors (Lipinski definition) is 1. The number of aromatic nitrogens is 1. The number of rotatable bonds is 3. The fraction of sp³-hybridized carbons (Fsp3) is 0.643. The maximum absolute atomic E-state index is 5.91. The summed E-state index contributed by atoms with van der Waals surface area (Å²) in [6.07, 6.45) is 4.47. The molecule has 2 heterocycles. The van der Waals surface area contributed by atoms with E-state index in [2.05, 4.69) is 29.8 Å². The van der Waals surface area contributed by atoms with E-state index < -0.39 is 0 Å². The molecule has 1 saturated heterocycles. The second-order valence-corrected chi connectivity index (χ2v) is 5.16. The highest BCUT2D eigenvalue weighted by Gasteiger charge is 2.27. The van der Waals surface area contributed by atoms with Crippen LogP contribution in [0.15, 0.2) is 18.3 Å². The molecule has 0 radical (unpaired) electrons. The van der Waals surface area contributed by atoms with Gasteiger partial charge in [0.15, 0.2) is 0 Å². The minimum Gasteiger partial charge on any atom is -0.329 e. The lowest BCUT2D eigenvalue weighted by atomic mass is 9.90. The Hall–Kier alpha value is -0.640. The summed E-state index contributed by atoms with van der Waals surface area (Å²) in [7, 11) is 0. The molecule has 102 valence electrons. The van der Waals surface area contributed by atoms with Crippen molar-refractivity contribution in [2.75, 3.05) is 13.1 Å². The zero-order valence-electron chi connectivity index (χ0n) is 11.3. The summed E-state index contributed by atoms with van der Waals surface area (Å²) >= 11 is 0. The third-order valence-corrected chi connectivity index (χ3v) is 3.94. The Kier molecular flexibility index (Phi) is 6.06. The zero-order valence-corrected chi connectivity index (χ0v) is 12.1. The van der Waals surface area contributed by atoms with Crippen molar-refractivity contribution in [3.05, 3.63) is 29.6 Å². The summed E-state index contributed by atoms with van der Waals surface area (Å²) in [5, 5.41) is 0. The van der Waals surface area contributed by atoms with Crippen molar-refractivity contribution >= 4 is 12.4 Å². The predicted molar refractivity (Wildman–Crippen MR) is 77.9 cm³/mol. The van der Waals surface area contributed by atoms with Gasteiger partial charge in [-0.1, -0.05) is 13.0 Å². The molecular weight excluding hydrogens is 246 g/mol. The van der Waals surface area contributed by atoms with Gasteiger partial charge in [0.25, 0.3) is 0 Å². The monoisotopic (exact) mass is 269 g/mol.